The molecule has 0 atom stereocenters. The van der Waals surface area contributed by atoms with Crippen molar-refractivity contribution in [1.82, 2.24) is 0 Å². The molecular formula is C23H17F3O4. The molecule has 2 aromatic carbocycles. The third-order valence-corrected chi connectivity index (χ3v) is 5.06. The molecule has 0 amide bonds. The zero-order chi connectivity index (χ0) is 21.3. The second kappa shape index (κ2) is 7.82. The van der Waals surface area contributed by atoms with Gasteiger partial charge in [-0.25, -0.2) is 9.59 Å². The summed E-state index contributed by atoms with van der Waals surface area (Å²) >= 11 is 0. The molecule has 4 rings (SSSR count). The average molecular weight is 414 g/mol. The normalized spacial score (nSPS) is 13.7. The van der Waals surface area contributed by atoms with E-state index in [4.69, 9.17) is 9.15 Å². The van der Waals surface area contributed by atoms with Gasteiger partial charge in [-0.3, -0.25) is 0 Å². The smallest absolute Gasteiger partial charge is 0.416 e. The molecule has 0 unspecified atom stereocenters. The SMILES string of the molecule is O=C(/C=C/c1ccc(C(F)(F)F)cc1)OCc1cc(=O)oc2cc3c(cc12)CCC3. The molecule has 0 saturated heterocycles. The van der Waals surface area contributed by atoms with Crippen molar-refractivity contribution in [3.05, 3.63) is 86.8 Å². The minimum absolute atomic E-state index is 0.114. The fourth-order valence-electron chi connectivity index (χ4n) is 3.56. The van der Waals surface area contributed by atoms with E-state index in [2.05, 4.69) is 0 Å². The molecule has 1 heterocycles. The summed E-state index contributed by atoms with van der Waals surface area (Å²) in [6, 6.07) is 9.57. The van der Waals surface area contributed by atoms with Gasteiger partial charge in [-0.2, -0.15) is 13.2 Å². The van der Waals surface area contributed by atoms with Crippen molar-refractivity contribution in [2.45, 2.75) is 32.0 Å². The monoisotopic (exact) mass is 414 g/mol. The van der Waals surface area contributed by atoms with Crippen molar-refractivity contribution in [1.29, 1.82) is 0 Å². The number of aryl methyl sites for hydroxylation is 2. The van der Waals surface area contributed by atoms with E-state index in [0.717, 1.165) is 42.9 Å². The van der Waals surface area contributed by atoms with Gasteiger partial charge in [0.25, 0.3) is 0 Å². The van der Waals surface area contributed by atoms with Crippen molar-refractivity contribution in [3.8, 4) is 0 Å². The lowest BCUT2D eigenvalue weighted by Crippen LogP contribution is -2.06. The first-order valence-corrected chi connectivity index (χ1v) is 9.40. The Morgan fingerprint density at radius 1 is 1.07 bits per heavy atom. The number of carbonyl (C=O) groups excluding carboxylic acids is 1. The Bertz CT molecular complexity index is 1190. The van der Waals surface area contributed by atoms with Gasteiger partial charge in [0.1, 0.15) is 12.2 Å². The molecule has 3 aromatic rings. The van der Waals surface area contributed by atoms with Crippen LogP contribution in [-0.2, 0) is 35.2 Å². The predicted octanol–water partition coefficient (Wildman–Crippen LogP) is 5.06. The molecule has 7 heteroatoms. The zero-order valence-electron chi connectivity index (χ0n) is 15.8. The molecule has 30 heavy (non-hydrogen) atoms. The van der Waals surface area contributed by atoms with Crippen LogP contribution in [0.3, 0.4) is 0 Å². The van der Waals surface area contributed by atoms with Crippen LogP contribution in [0.15, 0.2) is 57.8 Å². The molecule has 0 fully saturated rings. The number of alkyl halides is 3. The summed E-state index contributed by atoms with van der Waals surface area (Å²) in [5.74, 6) is -0.669. The largest absolute Gasteiger partial charge is 0.458 e. The highest BCUT2D eigenvalue weighted by atomic mass is 19.4. The number of benzene rings is 2. The maximum absolute atomic E-state index is 12.6. The lowest BCUT2D eigenvalue weighted by Gasteiger charge is -2.08. The number of ether oxygens (including phenoxy) is 1. The summed E-state index contributed by atoms with van der Waals surface area (Å²) in [6.45, 7) is -0.114. The maximum atomic E-state index is 12.6. The first-order valence-electron chi connectivity index (χ1n) is 9.40. The molecule has 4 nitrogen and oxygen atoms in total. The van der Waals surface area contributed by atoms with Crippen molar-refractivity contribution >= 4 is 23.0 Å². The number of carbonyl (C=O) groups is 1. The van der Waals surface area contributed by atoms with E-state index in [9.17, 15) is 22.8 Å². The number of hydrogen-bond acceptors (Lipinski definition) is 4. The first-order chi connectivity index (χ1) is 14.3. The standard InChI is InChI=1S/C23H17F3O4/c24-23(25,26)18-7-4-14(5-8-18)6-9-21(27)29-13-17-12-22(28)30-20-11-16-3-1-2-15(16)10-19(17)20/h4-12H,1-3,13H2/b9-6+. The Hall–Kier alpha value is -3.35. The van der Waals surface area contributed by atoms with Crippen LogP contribution in [0.1, 0.15) is 34.2 Å². The average Bonchev–Trinajstić information content (AvgIpc) is 3.16. The van der Waals surface area contributed by atoms with Crippen LogP contribution in [0.2, 0.25) is 0 Å². The maximum Gasteiger partial charge on any atom is 0.416 e. The molecule has 0 radical (unpaired) electrons. The van der Waals surface area contributed by atoms with Gasteiger partial charge in [-0.1, -0.05) is 12.1 Å². The Kier molecular flexibility index (Phi) is 5.20. The molecule has 0 spiro atoms. The number of halogens is 3. The van der Waals surface area contributed by atoms with Crippen molar-refractivity contribution in [2.75, 3.05) is 0 Å². The van der Waals surface area contributed by atoms with E-state index in [1.807, 2.05) is 12.1 Å². The second-order valence-corrected chi connectivity index (χ2v) is 7.12. The molecular weight excluding hydrogens is 397 g/mol. The molecule has 154 valence electrons. The van der Waals surface area contributed by atoms with E-state index in [1.165, 1.54) is 35.4 Å². The van der Waals surface area contributed by atoms with Crippen molar-refractivity contribution in [3.63, 3.8) is 0 Å². The molecule has 1 aromatic heterocycles. The zero-order valence-corrected chi connectivity index (χ0v) is 15.8. The van der Waals surface area contributed by atoms with E-state index in [-0.39, 0.29) is 6.61 Å². The quantitative estimate of drug-likeness (QED) is 0.340. The molecule has 1 aliphatic rings. The van der Waals surface area contributed by atoms with Crippen LogP contribution >= 0.6 is 0 Å². The van der Waals surface area contributed by atoms with Gasteiger partial charge in [0.15, 0.2) is 0 Å². The Balaban J connectivity index is 1.47. The molecule has 0 N–H and O–H groups in total. The van der Waals surface area contributed by atoms with Gasteiger partial charge >= 0.3 is 17.8 Å². The van der Waals surface area contributed by atoms with E-state index < -0.39 is 23.3 Å². The van der Waals surface area contributed by atoms with E-state index >= 15 is 0 Å². The van der Waals surface area contributed by atoms with E-state index in [1.54, 1.807) is 0 Å². The minimum Gasteiger partial charge on any atom is -0.458 e. The predicted molar refractivity (Wildman–Crippen MR) is 105 cm³/mol. The molecule has 1 aliphatic carbocycles. The third kappa shape index (κ3) is 4.30. The topological polar surface area (TPSA) is 56.5 Å². The molecule has 0 bridgehead atoms. The van der Waals surface area contributed by atoms with Crippen molar-refractivity contribution in [2.24, 2.45) is 0 Å². The fourth-order valence-corrected chi connectivity index (χ4v) is 3.56. The van der Waals surface area contributed by atoms with Crippen LogP contribution in [-0.4, -0.2) is 5.97 Å². The second-order valence-electron chi connectivity index (χ2n) is 7.12. The van der Waals surface area contributed by atoms with E-state index in [0.29, 0.717) is 16.7 Å². The minimum atomic E-state index is -4.41. The van der Waals surface area contributed by atoms with Gasteiger partial charge in [-0.05, 0) is 66.3 Å². The molecule has 0 saturated carbocycles. The van der Waals surface area contributed by atoms with Crippen molar-refractivity contribution < 1.29 is 27.1 Å². The third-order valence-electron chi connectivity index (χ3n) is 5.06. The summed E-state index contributed by atoms with van der Waals surface area (Å²) in [5.41, 5.74) is 2.53. The van der Waals surface area contributed by atoms with Gasteiger partial charge in [0.2, 0.25) is 0 Å². The highest BCUT2D eigenvalue weighted by molar-refractivity contribution is 5.87. The lowest BCUT2D eigenvalue weighted by atomic mass is 10.0. The Labute approximate surface area is 169 Å². The number of esters is 1. The summed E-state index contributed by atoms with van der Waals surface area (Å²) in [6.07, 6.45) is 1.05. The highest BCUT2D eigenvalue weighted by Gasteiger charge is 2.29. The Morgan fingerprint density at radius 2 is 1.77 bits per heavy atom. The fraction of sp³-hybridized carbons (Fsp3) is 0.217. The van der Waals surface area contributed by atoms with Crippen LogP contribution in [0.5, 0.6) is 0 Å². The molecule has 0 aliphatic heterocycles. The van der Waals surface area contributed by atoms with Crippen LogP contribution in [0.4, 0.5) is 13.2 Å². The summed E-state index contributed by atoms with van der Waals surface area (Å²) < 4.78 is 48.3. The Morgan fingerprint density at radius 3 is 2.47 bits per heavy atom. The highest BCUT2D eigenvalue weighted by Crippen LogP contribution is 2.30. The first kappa shape index (κ1) is 19.9. The lowest BCUT2D eigenvalue weighted by molar-refractivity contribution is -0.139. The number of fused-ring (bicyclic) bond motifs is 2. The van der Waals surface area contributed by atoms with Crippen LogP contribution in [0.25, 0.3) is 17.0 Å². The summed E-state index contributed by atoms with van der Waals surface area (Å²) in [7, 11) is 0. The number of rotatable bonds is 4. The van der Waals surface area contributed by atoms with Gasteiger partial charge in [0, 0.05) is 23.1 Å². The van der Waals surface area contributed by atoms with Gasteiger partial charge < -0.3 is 9.15 Å². The summed E-state index contributed by atoms with van der Waals surface area (Å²) in [5, 5.41) is 0.731. The van der Waals surface area contributed by atoms with Gasteiger partial charge in [0.05, 0.1) is 5.56 Å². The summed E-state index contributed by atoms with van der Waals surface area (Å²) in [4.78, 5) is 23.9. The van der Waals surface area contributed by atoms with Crippen LogP contribution in [0, 0.1) is 0 Å². The number of hydrogen-bond donors (Lipinski definition) is 0. The van der Waals surface area contributed by atoms with Crippen LogP contribution < -0.4 is 5.63 Å². The van der Waals surface area contributed by atoms with Gasteiger partial charge in [-0.15, -0.1) is 0 Å².